The van der Waals surface area contributed by atoms with Gasteiger partial charge in [-0.05, 0) is 37.3 Å². The molecule has 6 heteroatoms. The van der Waals surface area contributed by atoms with Crippen molar-refractivity contribution >= 4 is 32.5 Å². The zero-order valence-corrected chi connectivity index (χ0v) is 13.6. The molecule has 0 aliphatic rings. The smallest absolute Gasteiger partial charge is 0.236 e. The minimum absolute atomic E-state index is 0.252. The Bertz CT molecular complexity index is 787. The number of nitrogens with zero attached hydrogens (tertiary/aromatic N) is 2. The van der Waals surface area contributed by atoms with Crippen molar-refractivity contribution < 1.29 is 8.42 Å². The van der Waals surface area contributed by atoms with Crippen LogP contribution in [0.4, 0.5) is 0 Å². The molecule has 0 atom stereocenters. The number of likely N-dealkylation sites (N-methyl/N-ethyl adjacent to an activating group) is 1. The lowest BCUT2D eigenvalue weighted by Gasteiger charge is -2.20. The largest absolute Gasteiger partial charge is 0.243 e. The summed E-state index contributed by atoms with van der Waals surface area (Å²) in [6, 6.07) is 8.25. The van der Waals surface area contributed by atoms with E-state index >= 15 is 0 Å². The fourth-order valence-corrected chi connectivity index (χ4v) is 3.75. The first kappa shape index (κ1) is 15.9. The molecule has 0 aliphatic heterocycles. The van der Waals surface area contributed by atoms with Gasteiger partial charge in [-0.15, -0.1) is 0 Å². The van der Waals surface area contributed by atoms with Crippen molar-refractivity contribution in [2.24, 2.45) is 0 Å². The summed E-state index contributed by atoms with van der Waals surface area (Å²) in [5, 5.41) is 1.13. The van der Waals surface area contributed by atoms with Gasteiger partial charge < -0.3 is 0 Å². The average Bonchev–Trinajstić information content (AvgIpc) is 2.43. The van der Waals surface area contributed by atoms with E-state index < -0.39 is 10.0 Å². The Balaban J connectivity index is 2.48. The third-order valence-corrected chi connectivity index (χ3v) is 5.19. The quantitative estimate of drug-likeness (QED) is 0.625. The van der Waals surface area contributed by atoms with E-state index in [2.05, 4.69) is 11.6 Å². The second kappa shape index (κ2) is 6.13. The number of sulfonamides is 1. The van der Waals surface area contributed by atoms with Crippen molar-refractivity contribution in [1.82, 2.24) is 9.29 Å². The molecule has 0 fully saturated rings. The molecule has 4 nitrogen and oxygen atoms in total. The molecule has 0 N–H and O–H groups in total. The molecular formula is C15H17ClN2O2S. The van der Waals surface area contributed by atoms with E-state index in [9.17, 15) is 8.42 Å². The summed E-state index contributed by atoms with van der Waals surface area (Å²) in [7, 11) is -3.54. The molecule has 0 saturated heterocycles. The van der Waals surface area contributed by atoms with Gasteiger partial charge in [-0.1, -0.05) is 30.7 Å². The molecule has 2 rings (SSSR count). The van der Waals surface area contributed by atoms with E-state index in [0.29, 0.717) is 23.8 Å². The second-order valence-electron chi connectivity index (χ2n) is 4.88. The molecule has 0 amide bonds. The van der Waals surface area contributed by atoms with Crippen molar-refractivity contribution in [2.75, 3.05) is 13.1 Å². The van der Waals surface area contributed by atoms with Crippen LogP contribution in [0, 0.1) is 0 Å². The summed E-state index contributed by atoms with van der Waals surface area (Å²) in [4.78, 5) is 4.41. The number of rotatable bonds is 5. The fourth-order valence-electron chi connectivity index (χ4n) is 2.06. The lowest BCUT2D eigenvalue weighted by atomic mass is 10.2. The van der Waals surface area contributed by atoms with E-state index in [1.807, 2.05) is 13.8 Å². The number of hydrogen-bond donors (Lipinski definition) is 0. The average molecular weight is 325 g/mol. The molecule has 0 radical (unpaired) electrons. The Hall–Kier alpha value is -1.43. The van der Waals surface area contributed by atoms with Crippen molar-refractivity contribution in [1.29, 1.82) is 0 Å². The van der Waals surface area contributed by atoms with E-state index in [-0.39, 0.29) is 4.90 Å². The maximum absolute atomic E-state index is 12.6. The predicted molar refractivity (Wildman–Crippen MR) is 86.0 cm³/mol. The van der Waals surface area contributed by atoms with Gasteiger partial charge in [-0.25, -0.2) is 13.4 Å². The monoisotopic (exact) mass is 324 g/mol. The number of benzene rings is 1. The maximum Gasteiger partial charge on any atom is 0.243 e. The molecule has 0 spiro atoms. The van der Waals surface area contributed by atoms with E-state index in [0.717, 1.165) is 11.0 Å². The summed E-state index contributed by atoms with van der Waals surface area (Å²) in [6.07, 6.45) is 0. The van der Waals surface area contributed by atoms with E-state index in [1.165, 1.54) is 4.31 Å². The SMILES string of the molecule is C=C(C)CN(CC)S(=O)(=O)c1ccc2nc(Cl)ccc2c1. The maximum atomic E-state index is 12.6. The normalized spacial score (nSPS) is 12.0. The van der Waals surface area contributed by atoms with Crippen molar-refractivity contribution in [3.63, 3.8) is 0 Å². The van der Waals surface area contributed by atoms with Crippen molar-refractivity contribution in [3.05, 3.63) is 47.6 Å². The minimum Gasteiger partial charge on any atom is -0.236 e. The Labute approximate surface area is 130 Å². The predicted octanol–water partition coefficient (Wildman–Crippen LogP) is 3.47. The summed E-state index contributed by atoms with van der Waals surface area (Å²) in [5.41, 5.74) is 1.47. The second-order valence-corrected chi connectivity index (χ2v) is 7.20. The van der Waals surface area contributed by atoms with Crippen LogP contribution in [0.15, 0.2) is 47.4 Å². The number of hydrogen-bond acceptors (Lipinski definition) is 3. The highest BCUT2D eigenvalue weighted by atomic mass is 35.5. The Kier molecular flexibility index (Phi) is 4.66. The van der Waals surface area contributed by atoms with Crippen molar-refractivity contribution in [2.45, 2.75) is 18.7 Å². The molecule has 0 bridgehead atoms. The Morgan fingerprint density at radius 1 is 1.33 bits per heavy atom. The summed E-state index contributed by atoms with van der Waals surface area (Å²) < 4.78 is 26.7. The van der Waals surface area contributed by atoms with Crippen LogP contribution in [0.1, 0.15) is 13.8 Å². The van der Waals surface area contributed by atoms with Gasteiger partial charge in [0.1, 0.15) is 5.15 Å². The first-order valence-corrected chi connectivity index (χ1v) is 8.37. The molecule has 2 aromatic rings. The molecule has 112 valence electrons. The van der Waals surface area contributed by atoms with Gasteiger partial charge in [0.2, 0.25) is 10.0 Å². The van der Waals surface area contributed by atoms with Gasteiger partial charge in [-0.2, -0.15) is 4.31 Å². The standard InChI is InChI=1S/C15H17ClN2O2S/c1-4-18(10-11(2)3)21(19,20)13-6-7-14-12(9-13)5-8-15(16)17-14/h5-9H,2,4,10H2,1,3H3. The third kappa shape index (κ3) is 3.43. The van der Waals surface area contributed by atoms with Crippen LogP contribution in [0.2, 0.25) is 5.15 Å². The summed E-state index contributed by atoms with van der Waals surface area (Å²) >= 11 is 5.83. The third-order valence-electron chi connectivity index (χ3n) is 3.06. The number of fused-ring (bicyclic) bond motifs is 1. The minimum atomic E-state index is -3.54. The molecular weight excluding hydrogens is 308 g/mol. The highest BCUT2D eigenvalue weighted by molar-refractivity contribution is 7.89. The van der Waals surface area contributed by atoms with Gasteiger partial charge in [0.05, 0.1) is 10.4 Å². The first-order chi connectivity index (χ1) is 9.84. The molecule has 1 aromatic carbocycles. The van der Waals surface area contributed by atoms with Crippen LogP contribution in [-0.4, -0.2) is 30.8 Å². The zero-order chi connectivity index (χ0) is 15.6. The van der Waals surface area contributed by atoms with Crippen molar-refractivity contribution in [3.8, 4) is 0 Å². The highest BCUT2D eigenvalue weighted by Gasteiger charge is 2.23. The molecule has 0 aliphatic carbocycles. The number of pyridine rings is 1. The number of halogens is 1. The fraction of sp³-hybridized carbons (Fsp3) is 0.267. The van der Waals surface area contributed by atoms with E-state index in [4.69, 9.17) is 11.6 Å². The van der Waals surface area contributed by atoms with Crippen LogP contribution in [0.25, 0.3) is 10.9 Å². The van der Waals surface area contributed by atoms with Gasteiger partial charge >= 0.3 is 0 Å². The van der Waals surface area contributed by atoms with Gasteiger partial charge in [0, 0.05) is 18.5 Å². The molecule has 1 heterocycles. The van der Waals surface area contributed by atoms with Crippen LogP contribution in [-0.2, 0) is 10.0 Å². The van der Waals surface area contributed by atoms with Crippen LogP contribution < -0.4 is 0 Å². The lowest BCUT2D eigenvalue weighted by molar-refractivity contribution is 0.453. The highest BCUT2D eigenvalue weighted by Crippen LogP contribution is 2.22. The Morgan fingerprint density at radius 2 is 2.05 bits per heavy atom. The van der Waals surface area contributed by atoms with Crippen LogP contribution in [0.5, 0.6) is 0 Å². The van der Waals surface area contributed by atoms with Gasteiger partial charge in [0.25, 0.3) is 0 Å². The summed E-state index contributed by atoms with van der Waals surface area (Å²) in [5.74, 6) is 0. The molecule has 1 aromatic heterocycles. The topological polar surface area (TPSA) is 50.3 Å². The first-order valence-electron chi connectivity index (χ1n) is 6.55. The van der Waals surface area contributed by atoms with Crippen LogP contribution >= 0.6 is 11.6 Å². The van der Waals surface area contributed by atoms with Crippen LogP contribution in [0.3, 0.4) is 0 Å². The molecule has 0 unspecified atom stereocenters. The summed E-state index contributed by atoms with van der Waals surface area (Å²) in [6.45, 7) is 8.11. The lowest BCUT2D eigenvalue weighted by Crippen LogP contribution is -2.32. The van der Waals surface area contributed by atoms with E-state index in [1.54, 1.807) is 30.3 Å². The van der Waals surface area contributed by atoms with Gasteiger partial charge in [0.15, 0.2) is 0 Å². The number of aromatic nitrogens is 1. The molecule has 21 heavy (non-hydrogen) atoms. The Morgan fingerprint density at radius 3 is 2.67 bits per heavy atom. The van der Waals surface area contributed by atoms with Gasteiger partial charge in [-0.3, -0.25) is 0 Å². The zero-order valence-electron chi connectivity index (χ0n) is 12.0. The molecule has 0 saturated carbocycles.